The van der Waals surface area contributed by atoms with Crippen LogP contribution in [0.5, 0.6) is 0 Å². The fourth-order valence-corrected chi connectivity index (χ4v) is 3.25. The summed E-state index contributed by atoms with van der Waals surface area (Å²) in [6.45, 7) is 4.00. The second-order valence-corrected chi connectivity index (χ2v) is 8.06. The van der Waals surface area contributed by atoms with Gasteiger partial charge in [-0.05, 0) is 37.1 Å². The Morgan fingerprint density at radius 3 is 2.29 bits per heavy atom. The lowest BCUT2D eigenvalue weighted by atomic mass is 10.0. The number of benzene rings is 2. The third kappa shape index (κ3) is 7.64. The molecule has 3 rings (SSSR count). The number of rotatable bonds is 11. The number of aromatic nitrogens is 1. The predicted octanol–water partition coefficient (Wildman–Crippen LogP) is 2.91. The number of ether oxygens (including phenoxy) is 1. The Balaban J connectivity index is 1.62. The first-order valence-corrected chi connectivity index (χ1v) is 11.2. The number of hydrogen-bond acceptors (Lipinski definition) is 5. The molecule has 0 aliphatic carbocycles. The van der Waals surface area contributed by atoms with E-state index in [-0.39, 0.29) is 19.6 Å². The van der Waals surface area contributed by atoms with Gasteiger partial charge in [-0.2, -0.15) is 0 Å². The number of hydrogen-bond donors (Lipinski definition) is 2. The van der Waals surface area contributed by atoms with Crippen molar-refractivity contribution in [2.75, 3.05) is 0 Å². The summed E-state index contributed by atoms with van der Waals surface area (Å²) in [4.78, 5) is 42.4. The average Bonchev–Trinajstić information content (AvgIpc) is 2.87. The third-order valence-corrected chi connectivity index (χ3v) is 5.29. The molecule has 7 heteroatoms. The van der Waals surface area contributed by atoms with Crippen molar-refractivity contribution in [3.63, 3.8) is 0 Å². The van der Waals surface area contributed by atoms with Crippen LogP contribution in [0.4, 0.5) is 0 Å². The molecule has 0 aliphatic rings. The SMILES string of the molecule is Cc1ccc(CO[C@H](C)C(=O)N[C@H](Cc2ccccc2)C(=O)C(=O)NCc2ccccn2)cc1. The van der Waals surface area contributed by atoms with Crippen LogP contribution in [-0.2, 0) is 38.7 Å². The fourth-order valence-electron chi connectivity index (χ4n) is 3.25. The van der Waals surface area contributed by atoms with Crippen molar-refractivity contribution in [2.45, 2.75) is 45.6 Å². The Hall–Kier alpha value is -3.84. The Morgan fingerprint density at radius 2 is 1.62 bits per heavy atom. The first-order chi connectivity index (χ1) is 16.4. The van der Waals surface area contributed by atoms with Gasteiger partial charge in [-0.25, -0.2) is 0 Å². The molecule has 176 valence electrons. The molecule has 1 heterocycles. The molecule has 0 saturated carbocycles. The quantitative estimate of drug-likeness (QED) is 0.430. The molecular formula is C27H29N3O4. The van der Waals surface area contributed by atoms with Gasteiger partial charge in [-0.1, -0.05) is 66.2 Å². The zero-order chi connectivity index (χ0) is 24.3. The lowest BCUT2D eigenvalue weighted by molar-refractivity contribution is -0.141. The smallest absolute Gasteiger partial charge is 0.289 e. The van der Waals surface area contributed by atoms with Crippen molar-refractivity contribution in [1.29, 1.82) is 0 Å². The van der Waals surface area contributed by atoms with Crippen LogP contribution in [0.25, 0.3) is 0 Å². The minimum absolute atomic E-state index is 0.119. The van der Waals surface area contributed by atoms with E-state index in [0.29, 0.717) is 5.69 Å². The number of nitrogens with zero attached hydrogens (tertiary/aromatic N) is 1. The Morgan fingerprint density at radius 1 is 0.912 bits per heavy atom. The largest absolute Gasteiger partial charge is 0.364 e. The van der Waals surface area contributed by atoms with Gasteiger partial charge in [0, 0.05) is 12.6 Å². The van der Waals surface area contributed by atoms with Crippen LogP contribution < -0.4 is 10.6 Å². The summed E-state index contributed by atoms with van der Waals surface area (Å²) < 4.78 is 5.69. The summed E-state index contributed by atoms with van der Waals surface area (Å²) in [7, 11) is 0. The first-order valence-electron chi connectivity index (χ1n) is 11.2. The molecule has 0 spiro atoms. The third-order valence-electron chi connectivity index (χ3n) is 5.29. The monoisotopic (exact) mass is 459 g/mol. The van der Waals surface area contributed by atoms with Gasteiger partial charge in [0.1, 0.15) is 12.1 Å². The molecule has 2 aromatic carbocycles. The Bertz CT molecular complexity index is 1090. The highest BCUT2D eigenvalue weighted by Crippen LogP contribution is 2.08. The van der Waals surface area contributed by atoms with Gasteiger partial charge in [0.2, 0.25) is 11.7 Å². The molecule has 7 nitrogen and oxygen atoms in total. The van der Waals surface area contributed by atoms with Crippen LogP contribution >= 0.6 is 0 Å². The highest BCUT2D eigenvalue weighted by Gasteiger charge is 2.29. The number of amides is 2. The van der Waals surface area contributed by atoms with Crippen LogP contribution in [-0.4, -0.2) is 34.7 Å². The number of carbonyl (C=O) groups is 3. The fraction of sp³-hybridized carbons (Fsp3) is 0.259. The maximum absolute atomic E-state index is 13.0. The van der Waals surface area contributed by atoms with Crippen molar-refractivity contribution in [1.82, 2.24) is 15.6 Å². The van der Waals surface area contributed by atoms with Crippen LogP contribution in [0.1, 0.15) is 29.3 Å². The topological polar surface area (TPSA) is 97.4 Å². The summed E-state index contributed by atoms with van der Waals surface area (Å²) in [5.74, 6) is -1.96. The van der Waals surface area contributed by atoms with E-state index in [2.05, 4.69) is 15.6 Å². The minimum Gasteiger partial charge on any atom is -0.364 e. The molecule has 2 atom stereocenters. The molecule has 2 amide bonds. The van der Waals surface area contributed by atoms with E-state index in [1.165, 1.54) is 0 Å². The normalized spacial score (nSPS) is 12.4. The predicted molar refractivity (Wildman–Crippen MR) is 129 cm³/mol. The van der Waals surface area contributed by atoms with Crippen LogP contribution in [0.15, 0.2) is 79.0 Å². The molecule has 0 fully saturated rings. The Kier molecular flexibility index (Phi) is 9.05. The minimum atomic E-state index is -1.02. The Labute approximate surface area is 199 Å². The molecule has 0 saturated heterocycles. The zero-order valence-electron chi connectivity index (χ0n) is 19.4. The van der Waals surface area contributed by atoms with Crippen molar-refractivity contribution in [3.8, 4) is 0 Å². The molecule has 2 N–H and O–H groups in total. The van der Waals surface area contributed by atoms with E-state index in [1.807, 2.05) is 61.5 Å². The molecular weight excluding hydrogens is 430 g/mol. The lowest BCUT2D eigenvalue weighted by Crippen LogP contribution is -2.51. The zero-order valence-corrected chi connectivity index (χ0v) is 19.4. The van der Waals surface area contributed by atoms with Gasteiger partial charge < -0.3 is 15.4 Å². The molecule has 0 unspecified atom stereocenters. The number of carbonyl (C=O) groups excluding carboxylic acids is 3. The number of aryl methyl sites for hydroxylation is 1. The number of pyridine rings is 1. The average molecular weight is 460 g/mol. The van der Waals surface area contributed by atoms with Gasteiger partial charge in [-0.3, -0.25) is 19.4 Å². The summed E-state index contributed by atoms with van der Waals surface area (Å²) in [6, 6.07) is 21.3. The van der Waals surface area contributed by atoms with Gasteiger partial charge >= 0.3 is 0 Å². The van der Waals surface area contributed by atoms with Crippen molar-refractivity contribution < 1.29 is 19.1 Å². The summed E-state index contributed by atoms with van der Waals surface area (Å²) in [6.07, 6.45) is 0.997. The number of Topliss-reactive ketones (excluding diaryl/α,β-unsaturated/α-hetero) is 1. The highest BCUT2D eigenvalue weighted by molar-refractivity contribution is 6.38. The van der Waals surface area contributed by atoms with E-state index >= 15 is 0 Å². The van der Waals surface area contributed by atoms with Crippen molar-refractivity contribution in [2.24, 2.45) is 0 Å². The van der Waals surface area contributed by atoms with E-state index in [9.17, 15) is 14.4 Å². The highest BCUT2D eigenvalue weighted by atomic mass is 16.5. The summed E-state index contributed by atoms with van der Waals surface area (Å²) in [5, 5.41) is 5.28. The van der Waals surface area contributed by atoms with Gasteiger partial charge in [-0.15, -0.1) is 0 Å². The number of ketones is 1. The second kappa shape index (κ2) is 12.4. The van der Waals surface area contributed by atoms with E-state index < -0.39 is 29.7 Å². The maximum atomic E-state index is 13.0. The van der Waals surface area contributed by atoms with E-state index in [0.717, 1.165) is 16.7 Å². The van der Waals surface area contributed by atoms with Crippen LogP contribution in [0, 0.1) is 6.92 Å². The van der Waals surface area contributed by atoms with Crippen molar-refractivity contribution in [3.05, 3.63) is 101 Å². The standard InChI is InChI=1S/C27H29N3O4/c1-19-11-13-22(14-12-19)18-34-20(2)26(32)30-24(16-21-8-4-3-5-9-21)25(31)27(33)29-17-23-10-6-7-15-28-23/h3-15,20,24H,16-18H2,1-2H3,(H,29,33)(H,30,32)/t20-,24-/m1/s1. The molecule has 34 heavy (non-hydrogen) atoms. The number of nitrogens with one attached hydrogen (secondary N) is 2. The summed E-state index contributed by atoms with van der Waals surface area (Å²) in [5.41, 5.74) is 3.53. The summed E-state index contributed by atoms with van der Waals surface area (Å²) >= 11 is 0. The first kappa shape index (κ1) is 24.8. The van der Waals surface area contributed by atoms with Gasteiger partial charge in [0.15, 0.2) is 0 Å². The van der Waals surface area contributed by atoms with Crippen molar-refractivity contribution >= 4 is 17.6 Å². The van der Waals surface area contributed by atoms with Crippen LogP contribution in [0.2, 0.25) is 0 Å². The van der Waals surface area contributed by atoms with E-state index in [1.54, 1.807) is 31.3 Å². The molecule has 0 aliphatic heterocycles. The molecule has 3 aromatic rings. The van der Waals surface area contributed by atoms with E-state index in [4.69, 9.17) is 4.74 Å². The molecule has 0 radical (unpaired) electrons. The van der Waals surface area contributed by atoms with Crippen LogP contribution in [0.3, 0.4) is 0 Å². The van der Waals surface area contributed by atoms with Gasteiger partial charge in [0.25, 0.3) is 5.91 Å². The maximum Gasteiger partial charge on any atom is 0.289 e. The molecule has 1 aromatic heterocycles. The van der Waals surface area contributed by atoms with Gasteiger partial charge in [0.05, 0.1) is 18.8 Å². The second-order valence-electron chi connectivity index (χ2n) is 8.06. The lowest BCUT2D eigenvalue weighted by Gasteiger charge is -2.20. The molecule has 0 bridgehead atoms.